The van der Waals surface area contributed by atoms with Gasteiger partial charge < -0.3 is 0 Å². The molecule has 0 aliphatic rings. The maximum absolute atomic E-state index is 8.47. The number of rotatable bonds is 4. The molecule has 0 spiro atoms. The second-order valence-corrected chi connectivity index (χ2v) is 5.57. The van der Waals surface area contributed by atoms with Crippen molar-refractivity contribution in [3.8, 4) is 0 Å². The Kier molecular flexibility index (Phi) is 4.22. The van der Waals surface area contributed by atoms with Gasteiger partial charge in [-0.15, -0.1) is 11.3 Å². The van der Waals surface area contributed by atoms with Gasteiger partial charge >= 0.3 is 0 Å². The summed E-state index contributed by atoms with van der Waals surface area (Å²) in [7, 11) is 0. The number of benzene rings is 2. The molecule has 0 saturated carbocycles. The van der Waals surface area contributed by atoms with Crippen LogP contribution in [0.4, 0.5) is 11.4 Å². The summed E-state index contributed by atoms with van der Waals surface area (Å²) in [4.78, 5) is 10.0. The maximum atomic E-state index is 8.47. The molecule has 0 bridgehead atoms. The van der Waals surface area contributed by atoms with Gasteiger partial charge in [0.1, 0.15) is 5.01 Å². The molecular weight excluding hydrogens is 310 g/mol. The molecule has 8 heteroatoms. The van der Waals surface area contributed by atoms with Gasteiger partial charge in [0.25, 0.3) is 0 Å². The molecule has 0 aliphatic carbocycles. The van der Waals surface area contributed by atoms with E-state index in [0.717, 1.165) is 20.8 Å². The van der Waals surface area contributed by atoms with Crippen LogP contribution in [0, 0.1) is 0 Å². The third-order valence-electron chi connectivity index (χ3n) is 3.02. The van der Waals surface area contributed by atoms with Gasteiger partial charge in [-0.2, -0.15) is 0 Å². The Morgan fingerprint density at radius 2 is 1.61 bits per heavy atom. The lowest BCUT2D eigenvalue weighted by Crippen LogP contribution is -1.71. The molecule has 2 aromatic carbocycles. The number of thiazole rings is 1. The monoisotopic (exact) mass is 319 g/mol. The summed E-state index contributed by atoms with van der Waals surface area (Å²) in [6.07, 6.45) is 3.85. The van der Waals surface area contributed by atoms with E-state index in [4.69, 9.17) is 11.1 Å². The molecule has 7 nitrogen and oxygen atoms in total. The Morgan fingerprint density at radius 1 is 0.913 bits per heavy atom. The third-order valence-corrected chi connectivity index (χ3v) is 4.00. The van der Waals surface area contributed by atoms with Crippen molar-refractivity contribution in [3.05, 3.63) is 73.9 Å². The van der Waals surface area contributed by atoms with Gasteiger partial charge in [0.15, 0.2) is 0 Å². The van der Waals surface area contributed by atoms with Crippen molar-refractivity contribution < 1.29 is 0 Å². The van der Waals surface area contributed by atoms with Crippen molar-refractivity contribution in [1.29, 1.82) is 0 Å². The molecule has 23 heavy (non-hydrogen) atoms. The number of azide groups is 2. The second-order valence-electron chi connectivity index (χ2n) is 4.51. The molecule has 3 aromatic rings. The average molecular weight is 319 g/mol. The number of hydrogen-bond donors (Lipinski definition) is 0. The fourth-order valence-corrected chi connectivity index (χ4v) is 2.89. The molecular formula is C15H9N7S. The predicted molar refractivity (Wildman–Crippen MR) is 92.6 cm³/mol. The molecule has 3 rings (SSSR count). The second kappa shape index (κ2) is 6.64. The lowest BCUT2D eigenvalue weighted by molar-refractivity contribution is 1.45. The molecule has 1 heterocycles. The highest BCUT2D eigenvalue weighted by Gasteiger charge is 2.02. The molecule has 0 N–H and O–H groups in total. The minimum atomic E-state index is 0.577. The van der Waals surface area contributed by atoms with Crippen LogP contribution >= 0.6 is 11.3 Å². The third kappa shape index (κ3) is 3.48. The van der Waals surface area contributed by atoms with Gasteiger partial charge in [-0.05, 0) is 34.8 Å². The first kappa shape index (κ1) is 14.6. The SMILES string of the molecule is [N-]=[N+]=Nc1ccc(C=Cc2nc3ccc(N=[N+]=[N-])cc3s2)cc1. The summed E-state index contributed by atoms with van der Waals surface area (Å²) in [5.41, 5.74) is 19.8. The van der Waals surface area contributed by atoms with Crippen LogP contribution in [0.5, 0.6) is 0 Å². The Bertz CT molecular complexity index is 975. The molecule has 0 fully saturated rings. The first-order chi connectivity index (χ1) is 11.3. The molecule has 0 amide bonds. The summed E-state index contributed by atoms with van der Waals surface area (Å²) >= 11 is 1.52. The normalized spacial score (nSPS) is 10.4. The summed E-state index contributed by atoms with van der Waals surface area (Å²) in [6.45, 7) is 0. The molecule has 1 aromatic heterocycles. The minimum Gasteiger partial charge on any atom is -0.237 e. The fraction of sp³-hybridized carbons (Fsp3) is 0. The van der Waals surface area contributed by atoms with Crippen LogP contribution in [0.1, 0.15) is 10.6 Å². The van der Waals surface area contributed by atoms with Crippen molar-refractivity contribution >= 4 is 45.1 Å². The molecule has 110 valence electrons. The highest BCUT2D eigenvalue weighted by molar-refractivity contribution is 7.19. The highest BCUT2D eigenvalue weighted by Crippen LogP contribution is 2.27. The maximum Gasteiger partial charge on any atom is 0.117 e. The van der Waals surface area contributed by atoms with Crippen molar-refractivity contribution in [1.82, 2.24) is 4.98 Å². The zero-order valence-electron chi connectivity index (χ0n) is 11.7. The van der Waals surface area contributed by atoms with Crippen LogP contribution in [0.15, 0.2) is 52.7 Å². The predicted octanol–water partition coefficient (Wildman–Crippen LogP) is 6.35. The van der Waals surface area contributed by atoms with Gasteiger partial charge in [0.05, 0.1) is 10.2 Å². The van der Waals surface area contributed by atoms with E-state index in [1.54, 1.807) is 18.2 Å². The lowest BCUT2D eigenvalue weighted by atomic mass is 10.2. The largest absolute Gasteiger partial charge is 0.237 e. The van der Waals surface area contributed by atoms with Crippen LogP contribution in [0.3, 0.4) is 0 Å². The summed E-state index contributed by atoms with van der Waals surface area (Å²) in [5, 5.41) is 7.98. The number of nitrogens with zero attached hydrogens (tertiary/aromatic N) is 7. The van der Waals surface area contributed by atoms with Crippen LogP contribution in [0.25, 0.3) is 43.3 Å². The average Bonchev–Trinajstić information content (AvgIpc) is 2.97. The smallest absolute Gasteiger partial charge is 0.117 e. The van der Waals surface area contributed by atoms with E-state index in [1.165, 1.54) is 11.3 Å². The standard InChI is InChI=1S/C15H9N7S/c16-21-19-11-4-1-10(2-5-11)3-8-15-18-13-7-6-12(20-22-17)9-14(13)23-15/h1-9H. The van der Waals surface area contributed by atoms with Crippen LogP contribution in [-0.2, 0) is 0 Å². The number of hydrogen-bond acceptors (Lipinski definition) is 4. The minimum absolute atomic E-state index is 0.577. The van der Waals surface area contributed by atoms with E-state index in [2.05, 4.69) is 25.0 Å². The van der Waals surface area contributed by atoms with E-state index in [9.17, 15) is 0 Å². The Labute approximate surface area is 134 Å². The van der Waals surface area contributed by atoms with Gasteiger partial charge in [0, 0.05) is 21.2 Å². The zero-order chi connectivity index (χ0) is 16.1. The number of fused-ring (bicyclic) bond motifs is 1. The highest BCUT2D eigenvalue weighted by atomic mass is 32.1. The van der Waals surface area contributed by atoms with Crippen LogP contribution in [0.2, 0.25) is 0 Å². The van der Waals surface area contributed by atoms with Crippen molar-refractivity contribution in [2.75, 3.05) is 0 Å². The van der Waals surface area contributed by atoms with Gasteiger partial charge in [-0.3, -0.25) is 0 Å². The first-order valence-electron chi connectivity index (χ1n) is 6.57. The Morgan fingerprint density at radius 3 is 2.35 bits per heavy atom. The van der Waals surface area contributed by atoms with E-state index >= 15 is 0 Å². The Hall–Kier alpha value is -3.31. The lowest BCUT2D eigenvalue weighted by Gasteiger charge is -1.93. The van der Waals surface area contributed by atoms with E-state index in [-0.39, 0.29) is 0 Å². The van der Waals surface area contributed by atoms with Crippen molar-refractivity contribution in [2.24, 2.45) is 10.2 Å². The molecule has 0 saturated heterocycles. The zero-order valence-corrected chi connectivity index (χ0v) is 12.6. The van der Waals surface area contributed by atoms with E-state index in [0.29, 0.717) is 11.4 Å². The summed E-state index contributed by atoms with van der Waals surface area (Å²) in [6, 6.07) is 12.6. The van der Waals surface area contributed by atoms with Crippen LogP contribution < -0.4 is 0 Å². The topological polar surface area (TPSA) is 110 Å². The van der Waals surface area contributed by atoms with E-state index in [1.807, 2.05) is 36.4 Å². The molecule has 0 unspecified atom stereocenters. The summed E-state index contributed by atoms with van der Waals surface area (Å²) < 4.78 is 0.966. The fourth-order valence-electron chi connectivity index (χ4n) is 1.99. The van der Waals surface area contributed by atoms with Gasteiger partial charge in [-0.1, -0.05) is 46.6 Å². The van der Waals surface area contributed by atoms with Crippen molar-refractivity contribution in [2.45, 2.75) is 0 Å². The van der Waals surface area contributed by atoms with Crippen LogP contribution in [-0.4, -0.2) is 4.98 Å². The van der Waals surface area contributed by atoms with Crippen molar-refractivity contribution in [3.63, 3.8) is 0 Å². The van der Waals surface area contributed by atoms with Gasteiger partial charge in [0.2, 0.25) is 0 Å². The van der Waals surface area contributed by atoms with Gasteiger partial charge in [-0.25, -0.2) is 4.98 Å². The summed E-state index contributed by atoms with van der Waals surface area (Å²) in [5.74, 6) is 0. The first-order valence-corrected chi connectivity index (χ1v) is 7.39. The van der Waals surface area contributed by atoms with E-state index < -0.39 is 0 Å². The molecule has 0 radical (unpaired) electrons. The molecule has 0 atom stereocenters. The molecule has 0 aliphatic heterocycles. The quantitative estimate of drug-likeness (QED) is 0.311. The number of aromatic nitrogens is 1. The Balaban J connectivity index is 1.85.